The zero-order valence-electron chi connectivity index (χ0n) is 19.9. The monoisotopic (exact) mass is 531 g/mol. The molecule has 0 saturated carbocycles. The van der Waals surface area contributed by atoms with Crippen molar-refractivity contribution in [2.75, 3.05) is 46.8 Å². The third kappa shape index (κ3) is 8.98. The van der Waals surface area contributed by atoms with E-state index in [4.69, 9.17) is 4.74 Å². The summed E-state index contributed by atoms with van der Waals surface area (Å²) in [5.41, 5.74) is 0.910. The average Bonchev–Trinajstić information content (AvgIpc) is 2.65. The molecular formula is C23H42IN5O. The number of ether oxygens (including phenoxy) is 1. The van der Waals surface area contributed by atoms with Crippen molar-refractivity contribution in [3.63, 3.8) is 0 Å². The Morgan fingerprint density at radius 3 is 2.30 bits per heavy atom. The van der Waals surface area contributed by atoms with E-state index in [0.717, 1.165) is 50.0 Å². The van der Waals surface area contributed by atoms with E-state index >= 15 is 0 Å². The van der Waals surface area contributed by atoms with Gasteiger partial charge in [-0.05, 0) is 39.8 Å². The highest BCUT2D eigenvalue weighted by molar-refractivity contribution is 14.0. The van der Waals surface area contributed by atoms with E-state index in [-0.39, 0.29) is 29.6 Å². The number of benzene rings is 1. The summed E-state index contributed by atoms with van der Waals surface area (Å²) in [7, 11) is 4.03. The Morgan fingerprint density at radius 2 is 1.73 bits per heavy atom. The first-order chi connectivity index (χ1) is 13.7. The fourth-order valence-electron chi connectivity index (χ4n) is 3.62. The molecule has 0 radical (unpaired) electrons. The Balaban J connectivity index is 0.00000450. The van der Waals surface area contributed by atoms with Gasteiger partial charge in [0.05, 0.1) is 0 Å². The molecule has 0 spiro atoms. The molecule has 0 aliphatic carbocycles. The largest absolute Gasteiger partial charge is 0.488 e. The molecule has 172 valence electrons. The van der Waals surface area contributed by atoms with E-state index < -0.39 is 0 Å². The lowest BCUT2D eigenvalue weighted by Gasteiger charge is -2.40. The minimum absolute atomic E-state index is 0. The van der Waals surface area contributed by atoms with E-state index in [1.54, 1.807) is 0 Å². The first-order valence-electron chi connectivity index (χ1n) is 10.8. The van der Waals surface area contributed by atoms with Gasteiger partial charge in [-0.1, -0.05) is 32.0 Å². The van der Waals surface area contributed by atoms with Crippen molar-refractivity contribution in [1.29, 1.82) is 0 Å². The lowest BCUT2D eigenvalue weighted by molar-refractivity contribution is 0.0900. The lowest BCUT2D eigenvalue weighted by atomic mass is 10.0. The fourth-order valence-corrected chi connectivity index (χ4v) is 3.62. The van der Waals surface area contributed by atoms with Gasteiger partial charge in [0.15, 0.2) is 5.96 Å². The average molecular weight is 532 g/mol. The fraction of sp³-hybridized carbons (Fsp3) is 0.696. The van der Waals surface area contributed by atoms with Gasteiger partial charge in [0, 0.05) is 57.9 Å². The van der Waals surface area contributed by atoms with Gasteiger partial charge in [0.2, 0.25) is 0 Å². The summed E-state index contributed by atoms with van der Waals surface area (Å²) in [5, 5.41) is 6.99. The van der Waals surface area contributed by atoms with E-state index in [2.05, 4.69) is 73.2 Å². The predicted octanol–water partition coefficient (Wildman–Crippen LogP) is 3.42. The Hall–Kier alpha value is -1.06. The van der Waals surface area contributed by atoms with Crippen LogP contribution in [0.5, 0.6) is 5.75 Å². The van der Waals surface area contributed by atoms with Crippen molar-refractivity contribution in [2.45, 2.75) is 52.8 Å². The second kappa shape index (κ2) is 12.7. The number of aliphatic imine (C=N–C) groups is 1. The molecule has 1 aromatic carbocycles. The molecule has 1 aliphatic heterocycles. The number of halogens is 1. The molecule has 1 aromatic rings. The maximum absolute atomic E-state index is 6.11. The van der Waals surface area contributed by atoms with Crippen LogP contribution >= 0.6 is 24.0 Å². The van der Waals surface area contributed by atoms with Gasteiger partial charge >= 0.3 is 0 Å². The van der Waals surface area contributed by atoms with Gasteiger partial charge in [-0.15, -0.1) is 24.0 Å². The Kier molecular flexibility index (Phi) is 11.4. The molecular weight excluding hydrogens is 489 g/mol. The summed E-state index contributed by atoms with van der Waals surface area (Å²) >= 11 is 0. The maximum Gasteiger partial charge on any atom is 0.191 e. The lowest BCUT2D eigenvalue weighted by Crippen LogP contribution is -2.55. The van der Waals surface area contributed by atoms with Crippen LogP contribution in [0.4, 0.5) is 0 Å². The van der Waals surface area contributed by atoms with E-state index in [1.165, 1.54) is 0 Å². The molecule has 2 rings (SSSR count). The van der Waals surface area contributed by atoms with Crippen LogP contribution in [0, 0.1) is 5.92 Å². The molecule has 1 atom stereocenters. The molecule has 1 saturated heterocycles. The van der Waals surface area contributed by atoms with Crippen LogP contribution in [0.3, 0.4) is 0 Å². The number of hydrogen-bond acceptors (Lipinski definition) is 4. The molecule has 0 aromatic heterocycles. The van der Waals surface area contributed by atoms with E-state index in [1.807, 2.05) is 25.2 Å². The van der Waals surface area contributed by atoms with Crippen LogP contribution in [0.1, 0.15) is 40.2 Å². The zero-order valence-corrected chi connectivity index (χ0v) is 22.2. The second-order valence-corrected chi connectivity index (χ2v) is 9.28. The molecule has 30 heavy (non-hydrogen) atoms. The van der Waals surface area contributed by atoms with Crippen LogP contribution < -0.4 is 15.4 Å². The summed E-state index contributed by atoms with van der Waals surface area (Å²) in [4.78, 5) is 9.43. The van der Waals surface area contributed by atoms with E-state index in [0.29, 0.717) is 18.5 Å². The molecule has 1 heterocycles. The van der Waals surface area contributed by atoms with Crippen LogP contribution in [-0.2, 0) is 6.54 Å². The SMILES string of the molecule is CN=C(NCc1ccccc1OC(C)(C)C)NCC(C(C)C)N1CCN(C)CC1.I. The van der Waals surface area contributed by atoms with Crippen molar-refractivity contribution >= 4 is 29.9 Å². The molecule has 0 bridgehead atoms. The number of nitrogens with one attached hydrogen (secondary N) is 2. The summed E-state index contributed by atoms with van der Waals surface area (Å²) in [5.74, 6) is 2.33. The standard InChI is InChI=1S/C23H41N5O.HI/c1-18(2)20(28-14-12-27(7)13-15-28)17-26-22(24-6)25-16-19-10-8-9-11-21(19)29-23(3,4)5;/h8-11,18,20H,12-17H2,1-7H3,(H2,24,25,26);1H. The normalized spacial score (nSPS) is 17.4. The van der Waals surface area contributed by atoms with Crippen molar-refractivity contribution in [3.05, 3.63) is 29.8 Å². The van der Waals surface area contributed by atoms with Crippen molar-refractivity contribution in [2.24, 2.45) is 10.9 Å². The number of rotatable bonds is 7. The van der Waals surface area contributed by atoms with Gasteiger partial charge in [-0.25, -0.2) is 0 Å². The number of likely N-dealkylation sites (N-methyl/N-ethyl adjacent to an activating group) is 1. The first-order valence-corrected chi connectivity index (χ1v) is 10.8. The third-order valence-electron chi connectivity index (χ3n) is 5.31. The molecule has 1 fully saturated rings. The third-order valence-corrected chi connectivity index (χ3v) is 5.31. The predicted molar refractivity (Wildman–Crippen MR) is 138 cm³/mol. The molecule has 0 amide bonds. The van der Waals surface area contributed by atoms with Crippen LogP contribution in [0.25, 0.3) is 0 Å². The molecule has 2 N–H and O–H groups in total. The van der Waals surface area contributed by atoms with Crippen molar-refractivity contribution in [3.8, 4) is 5.75 Å². The number of para-hydroxylation sites is 1. The summed E-state index contributed by atoms with van der Waals surface area (Å²) in [6, 6.07) is 8.69. The topological polar surface area (TPSA) is 52.1 Å². The number of hydrogen-bond donors (Lipinski definition) is 2. The smallest absolute Gasteiger partial charge is 0.191 e. The Morgan fingerprint density at radius 1 is 1.10 bits per heavy atom. The molecule has 1 aliphatic rings. The Bertz CT molecular complexity index is 651. The van der Waals surface area contributed by atoms with Gasteiger partial charge in [0.25, 0.3) is 0 Å². The van der Waals surface area contributed by atoms with Gasteiger partial charge in [0.1, 0.15) is 11.4 Å². The number of nitrogens with zero attached hydrogens (tertiary/aromatic N) is 3. The molecule has 1 unspecified atom stereocenters. The molecule has 7 heteroatoms. The first kappa shape index (κ1) is 27.0. The Labute approximate surface area is 200 Å². The van der Waals surface area contributed by atoms with Crippen LogP contribution in [0.15, 0.2) is 29.3 Å². The van der Waals surface area contributed by atoms with Gasteiger partial charge < -0.3 is 20.3 Å². The van der Waals surface area contributed by atoms with Crippen molar-refractivity contribution < 1.29 is 4.74 Å². The highest BCUT2D eigenvalue weighted by Gasteiger charge is 2.25. The highest BCUT2D eigenvalue weighted by Crippen LogP contribution is 2.22. The summed E-state index contributed by atoms with van der Waals surface area (Å²) in [6.45, 7) is 16.9. The molecule has 6 nitrogen and oxygen atoms in total. The maximum atomic E-state index is 6.11. The van der Waals surface area contributed by atoms with Gasteiger partial charge in [-0.3, -0.25) is 9.89 Å². The summed E-state index contributed by atoms with van der Waals surface area (Å²) in [6.07, 6.45) is 0. The quantitative estimate of drug-likeness (QED) is 0.321. The van der Waals surface area contributed by atoms with Crippen LogP contribution in [-0.4, -0.2) is 74.2 Å². The summed E-state index contributed by atoms with van der Waals surface area (Å²) < 4.78 is 6.11. The minimum Gasteiger partial charge on any atom is -0.488 e. The zero-order chi connectivity index (χ0) is 21.4. The highest BCUT2D eigenvalue weighted by atomic mass is 127. The second-order valence-electron chi connectivity index (χ2n) is 9.28. The van der Waals surface area contributed by atoms with Crippen LogP contribution in [0.2, 0.25) is 0 Å². The number of guanidine groups is 1. The number of piperazine rings is 1. The van der Waals surface area contributed by atoms with E-state index in [9.17, 15) is 0 Å². The van der Waals surface area contributed by atoms with Gasteiger partial charge in [-0.2, -0.15) is 0 Å². The van der Waals surface area contributed by atoms with Crippen molar-refractivity contribution in [1.82, 2.24) is 20.4 Å². The minimum atomic E-state index is -0.219.